The molecule has 158 valence electrons. The fourth-order valence-corrected chi connectivity index (χ4v) is 3.77. The van der Waals surface area contributed by atoms with Gasteiger partial charge in [-0.15, -0.1) is 0 Å². The minimum atomic E-state index is -0.512. The highest BCUT2D eigenvalue weighted by atomic mass is 35.5. The van der Waals surface area contributed by atoms with Crippen LogP contribution in [0, 0.1) is 0 Å². The summed E-state index contributed by atoms with van der Waals surface area (Å²) in [5.41, 5.74) is 0.622. The number of nitrogens with zero attached hydrogens (tertiary/aromatic N) is 4. The van der Waals surface area contributed by atoms with Crippen LogP contribution in [0.15, 0.2) is 28.8 Å². The Morgan fingerprint density at radius 2 is 1.79 bits per heavy atom. The lowest BCUT2D eigenvalue weighted by atomic mass is 9.96. The molecule has 1 aliphatic rings. The van der Waals surface area contributed by atoms with Gasteiger partial charge < -0.3 is 9.26 Å². The number of benzene rings is 1. The lowest BCUT2D eigenvalue weighted by molar-refractivity contribution is -0.148. The van der Waals surface area contributed by atoms with Crippen LogP contribution in [0.3, 0.4) is 0 Å². The van der Waals surface area contributed by atoms with Crippen molar-refractivity contribution in [2.45, 2.75) is 45.2 Å². The fraction of sp³-hybridized carbons (Fsp3) is 0.571. The van der Waals surface area contributed by atoms with Gasteiger partial charge in [0.05, 0.1) is 13.2 Å². The average molecular weight is 421 g/mol. The van der Waals surface area contributed by atoms with E-state index in [1.807, 2.05) is 18.2 Å². The second-order valence-electron chi connectivity index (χ2n) is 8.40. The van der Waals surface area contributed by atoms with Crippen molar-refractivity contribution in [1.29, 1.82) is 0 Å². The molecule has 0 saturated carbocycles. The molecule has 1 fully saturated rings. The predicted octanol–water partition coefficient (Wildman–Crippen LogP) is 3.61. The predicted molar refractivity (Wildman–Crippen MR) is 111 cm³/mol. The van der Waals surface area contributed by atoms with E-state index in [9.17, 15) is 4.79 Å². The Balaban J connectivity index is 1.70. The quantitative estimate of drug-likeness (QED) is 0.684. The minimum absolute atomic E-state index is 0.0117. The summed E-state index contributed by atoms with van der Waals surface area (Å²) >= 11 is 6.37. The van der Waals surface area contributed by atoms with Crippen molar-refractivity contribution in [2.75, 3.05) is 33.3 Å². The number of rotatable bonds is 5. The average Bonchev–Trinajstić information content (AvgIpc) is 3.20. The second kappa shape index (κ2) is 8.81. The maximum atomic E-state index is 12.5. The standard InChI is InChI=1S/C21H29ClN4O3/c1-14(18-23-20(24-29-18)21(2,3)4)25-10-12-26(13-11-25)17(19(27)28-5)15-8-6-7-9-16(15)22/h6-9,14,17H,10-13H2,1-5H3/t14-,17+/m1/s1. The zero-order chi connectivity index (χ0) is 21.2. The van der Waals surface area contributed by atoms with E-state index in [0.717, 1.165) is 18.7 Å². The van der Waals surface area contributed by atoms with Gasteiger partial charge in [-0.1, -0.05) is 55.7 Å². The molecule has 2 heterocycles. The van der Waals surface area contributed by atoms with Gasteiger partial charge in [0.1, 0.15) is 6.04 Å². The van der Waals surface area contributed by atoms with Crippen LogP contribution in [0.1, 0.15) is 57.1 Å². The summed E-state index contributed by atoms with van der Waals surface area (Å²) in [6.45, 7) is 11.2. The summed E-state index contributed by atoms with van der Waals surface area (Å²) < 4.78 is 10.6. The Labute approximate surface area is 177 Å². The number of carbonyl (C=O) groups excluding carboxylic acids is 1. The molecule has 1 aliphatic heterocycles. The van der Waals surface area contributed by atoms with Gasteiger partial charge in [-0.05, 0) is 18.6 Å². The molecule has 0 amide bonds. The number of methoxy groups -OCH3 is 1. The van der Waals surface area contributed by atoms with E-state index in [-0.39, 0.29) is 17.4 Å². The number of aromatic nitrogens is 2. The van der Waals surface area contributed by atoms with E-state index < -0.39 is 6.04 Å². The summed E-state index contributed by atoms with van der Waals surface area (Å²) in [6.07, 6.45) is 0. The summed E-state index contributed by atoms with van der Waals surface area (Å²) in [6, 6.07) is 6.92. The van der Waals surface area contributed by atoms with E-state index >= 15 is 0 Å². The summed E-state index contributed by atoms with van der Waals surface area (Å²) in [5.74, 6) is 1.03. The summed E-state index contributed by atoms with van der Waals surface area (Å²) in [4.78, 5) is 21.5. The third-order valence-corrected chi connectivity index (χ3v) is 5.70. The molecule has 1 saturated heterocycles. The van der Waals surface area contributed by atoms with Gasteiger partial charge in [-0.2, -0.15) is 4.98 Å². The number of hydrogen-bond acceptors (Lipinski definition) is 7. The van der Waals surface area contributed by atoms with Crippen LogP contribution < -0.4 is 0 Å². The van der Waals surface area contributed by atoms with E-state index in [0.29, 0.717) is 29.8 Å². The minimum Gasteiger partial charge on any atom is -0.468 e. The van der Waals surface area contributed by atoms with E-state index in [4.69, 9.17) is 20.9 Å². The summed E-state index contributed by atoms with van der Waals surface area (Å²) in [7, 11) is 1.41. The first kappa shape index (κ1) is 21.7. The number of piperazine rings is 1. The topological polar surface area (TPSA) is 71.7 Å². The van der Waals surface area contributed by atoms with Crippen molar-refractivity contribution >= 4 is 17.6 Å². The first-order chi connectivity index (χ1) is 13.7. The largest absolute Gasteiger partial charge is 0.468 e. The third-order valence-electron chi connectivity index (χ3n) is 5.36. The number of halogens is 1. The van der Waals surface area contributed by atoms with Crippen molar-refractivity contribution in [3.05, 3.63) is 46.6 Å². The zero-order valence-corrected chi connectivity index (χ0v) is 18.4. The van der Waals surface area contributed by atoms with Crippen molar-refractivity contribution in [3.63, 3.8) is 0 Å². The first-order valence-corrected chi connectivity index (χ1v) is 10.2. The lowest BCUT2D eigenvalue weighted by Gasteiger charge is -2.39. The van der Waals surface area contributed by atoms with Crippen LogP contribution in [-0.2, 0) is 14.9 Å². The fourth-order valence-electron chi connectivity index (χ4n) is 3.53. The molecule has 29 heavy (non-hydrogen) atoms. The molecule has 0 spiro atoms. The van der Waals surface area contributed by atoms with Gasteiger partial charge in [0.15, 0.2) is 5.82 Å². The number of hydrogen-bond donors (Lipinski definition) is 0. The van der Waals surface area contributed by atoms with Crippen molar-refractivity contribution in [3.8, 4) is 0 Å². The molecular weight excluding hydrogens is 392 g/mol. The monoisotopic (exact) mass is 420 g/mol. The Bertz CT molecular complexity index is 840. The molecule has 0 radical (unpaired) electrons. The number of carbonyl (C=O) groups is 1. The highest BCUT2D eigenvalue weighted by Crippen LogP contribution is 2.31. The molecular formula is C21H29ClN4O3. The molecule has 0 unspecified atom stereocenters. The molecule has 3 rings (SSSR count). The van der Waals surface area contributed by atoms with Crippen LogP contribution in [-0.4, -0.2) is 59.2 Å². The van der Waals surface area contributed by atoms with E-state index in [1.165, 1.54) is 7.11 Å². The molecule has 2 aromatic rings. The lowest BCUT2D eigenvalue weighted by Crippen LogP contribution is -2.50. The van der Waals surface area contributed by atoms with Crippen molar-refractivity contribution in [2.24, 2.45) is 0 Å². The Morgan fingerprint density at radius 3 is 2.34 bits per heavy atom. The van der Waals surface area contributed by atoms with Crippen LogP contribution in [0.4, 0.5) is 0 Å². The van der Waals surface area contributed by atoms with Crippen LogP contribution in [0.2, 0.25) is 5.02 Å². The van der Waals surface area contributed by atoms with Gasteiger partial charge in [-0.3, -0.25) is 9.80 Å². The highest BCUT2D eigenvalue weighted by Gasteiger charge is 2.34. The van der Waals surface area contributed by atoms with Gasteiger partial charge in [-0.25, -0.2) is 4.79 Å². The molecule has 0 bridgehead atoms. The molecule has 0 N–H and O–H groups in total. The second-order valence-corrected chi connectivity index (χ2v) is 8.81. The van der Waals surface area contributed by atoms with Crippen LogP contribution >= 0.6 is 11.6 Å². The molecule has 0 aliphatic carbocycles. The smallest absolute Gasteiger partial charge is 0.327 e. The molecule has 2 atom stereocenters. The van der Waals surface area contributed by atoms with Crippen molar-refractivity contribution in [1.82, 2.24) is 19.9 Å². The SMILES string of the molecule is COC(=O)[C@H](c1ccccc1Cl)N1CCN([C@H](C)c2nc(C(C)(C)C)no2)CC1. The van der Waals surface area contributed by atoms with E-state index in [1.54, 1.807) is 6.07 Å². The van der Waals surface area contributed by atoms with Gasteiger partial charge in [0.2, 0.25) is 5.89 Å². The van der Waals surface area contributed by atoms with Crippen LogP contribution in [0.5, 0.6) is 0 Å². The normalized spacial score (nSPS) is 18.4. The third kappa shape index (κ3) is 4.79. The number of ether oxygens (including phenoxy) is 1. The summed E-state index contributed by atoms with van der Waals surface area (Å²) in [5, 5.41) is 4.70. The first-order valence-electron chi connectivity index (χ1n) is 9.87. The highest BCUT2D eigenvalue weighted by molar-refractivity contribution is 6.31. The Kier molecular flexibility index (Phi) is 6.61. The molecule has 7 nitrogen and oxygen atoms in total. The molecule has 1 aromatic heterocycles. The van der Waals surface area contributed by atoms with Gasteiger partial charge in [0, 0.05) is 36.6 Å². The number of esters is 1. The maximum absolute atomic E-state index is 12.5. The zero-order valence-electron chi connectivity index (χ0n) is 17.7. The molecule has 1 aromatic carbocycles. The van der Waals surface area contributed by atoms with Crippen molar-refractivity contribution < 1.29 is 14.1 Å². The maximum Gasteiger partial charge on any atom is 0.327 e. The van der Waals surface area contributed by atoms with Crippen LogP contribution in [0.25, 0.3) is 0 Å². The Morgan fingerprint density at radius 1 is 1.17 bits per heavy atom. The van der Waals surface area contributed by atoms with E-state index in [2.05, 4.69) is 47.6 Å². The Hall–Kier alpha value is -1.96. The van der Waals surface area contributed by atoms with Gasteiger partial charge in [0.25, 0.3) is 0 Å². The molecule has 8 heteroatoms. The van der Waals surface area contributed by atoms with Gasteiger partial charge >= 0.3 is 5.97 Å².